The SMILES string of the molecule is CCCC(=O)Oc1c(Cc2cc(C)cc(C(C)(C)C)c2O)cc(C)cc1C(C)(C)C.CCCCc1ccc(O)cc1OC.CCCCc1ccccc1O.CCCc1ccc(O)cc1. The van der Waals surface area contributed by atoms with Crippen molar-refractivity contribution in [2.75, 3.05) is 7.11 Å². The zero-order valence-electron chi connectivity index (χ0n) is 41.5. The second-order valence-electron chi connectivity index (χ2n) is 18.8. The zero-order chi connectivity index (χ0) is 48.0. The van der Waals surface area contributed by atoms with E-state index >= 15 is 0 Å². The number of esters is 1. The number of rotatable bonds is 14. The number of aryl methyl sites for hydroxylation is 5. The van der Waals surface area contributed by atoms with Crippen molar-refractivity contribution in [2.45, 2.75) is 165 Å². The Hall–Kier alpha value is -5.43. The Kier molecular flexibility index (Phi) is 23.1. The topological polar surface area (TPSA) is 116 Å². The summed E-state index contributed by atoms with van der Waals surface area (Å²) >= 11 is 0. The third-order valence-corrected chi connectivity index (χ3v) is 10.6. The molecule has 64 heavy (non-hydrogen) atoms. The van der Waals surface area contributed by atoms with E-state index in [0.29, 0.717) is 35.8 Å². The Balaban J connectivity index is 0.000000338. The molecule has 0 unspecified atom stereocenters. The number of carbonyl (C=O) groups excluding carboxylic acids is 1. The van der Waals surface area contributed by atoms with Gasteiger partial charge in [-0.15, -0.1) is 0 Å². The van der Waals surface area contributed by atoms with Gasteiger partial charge in [-0.2, -0.15) is 0 Å². The molecule has 0 heterocycles. The Bertz CT molecular complexity index is 2150. The average Bonchev–Trinajstić information content (AvgIpc) is 3.23. The van der Waals surface area contributed by atoms with E-state index < -0.39 is 0 Å². The van der Waals surface area contributed by atoms with E-state index in [1.54, 1.807) is 37.4 Å². The van der Waals surface area contributed by atoms with Gasteiger partial charge in [-0.05, 0) is 121 Å². The summed E-state index contributed by atoms with van der Waals surface area (Å²) < 4.78 is 11.1. The fourth-order valence-corrected chi connectivity index (χ4v) is 7.14. The molecular weight excluding hydrogens is 797 g/mol. The van der Waals surface area contributed by atoms with E-state index in [1.807, 2.05) is 49.4 Å². The molecule has 5 rings (SSSR count). The lowest BCUT2D eigenvalue weighted by Crippen LogP contribution is -2.18. The molecule has 0 aliphatic carbocycles. The molecule has 0 saturated heterocycles. The van der Waals surface area contributed by atoms with Crippen LogP contribution in [-0.2, 0) is 41.3 Å². The molecule has 0 atom stereocenters. The first kappa shape index (κ1) is 54.7. The van der Waals surface area contributed by atoms with Crippen molar-refractivity contribution in [1.29, 1.82) is 0 Å². The first-order chi connectivity index (χ1) is 30.2. The van der Waals surface area contributed by atoms with Gasteiger partial charge in [0.15, 0.2) is 0 Å². The summed E-state index contributed by atoms with van der Waals surface area (Å²) in [5, 5.41) is 38.5. The van der Waals surface area contributed by atoms with Crippen molar-refractivity contribution >= 4 is 5.97 Å². The number of carbonyl (C=O) groups is 1. The van der Waals surface area contributed by atoms with Gasteiger partial charge in [-0.25, -0.2) is 0 Å². The number of unbranched alkanes of at least 4 members (excludes halogenated alkanes) is 2. The number of hydrogen-bond donors (Lipinski definition) is 4. The number of methoxy groups -OCH3 is 1. The lowest BCUT2D eigenvalue weighted by molar-refractivity contribution is -0.134. The summed E-state index contributed by atoms with van der Waals surface area (Å²) in [4.78, 5) is 12.4. The van der Waals surface area contributed by atoms with Gasteiger partial charge in [0.1, 0.15) is 34.5 Å². The largest absolute Gasteiger partial charge is 0.508 e. The third-order valence-electron chi connectivity index (χ3n) is 10.6. The van der Waals surface area contributed by atoms with Gasteiger partial charge in [0, 0.05) is 24.5 Å². The number of aromatic hydroxyl groups is 4. The van der Waals surface area contributed by atoms with E-state index in [2.05, 4.69) is 94.4 Å². The van der Waals surface area contributed by atoms with Gasteiger partial charge in [0.2, 0.25) is 0 Å². The minimum atomic E-state index is -0.211. The molecular formula is C57H80O7. The molecule has 7 nitrogen and oxygen atoms in total. The van der Waals surface area contributed by atoms with Crippen LogP contribution in [0.25, 0.3) is 0 Å². The minimum Gasteiger partial charge on any atom is -0.508 e. The predicted molar refractivity (Wildman–Crippen MR) is 267 cm³/mol. The Morgan fingerprint density at radius 3 is 1.64 bits per heavy atom. The standard InChI is InChI=1S/C27H38O3.C11H16O2.C10H14O.C9H12O/c1-10-11-23(28)30-25-20(13-18(3)15-22(25)27(7,8)9)16-19-12-17(2)14-21(24(19)29)26(4,5)6;1-3-4-5-9-6-7-10(12)8-11(9)13-2;1-2-3-6-9-7-4-5-8-10(9)11;1-2-3-8-4-6-9(10)7-5-8/h12-15,29H,10-11,16H2,1-9H3;6-8,12H,3-5H2,1-2H3;4-5,7-8,11H,2-3,6H2,1H3;4-7,10H,2-3H2,1H3. The van der Waals surface area contributed by atoms with Crippen LogP contribution in [0.4, 0.5) is 0 Å². The number of benzene rings is 5. The summed E-state index contributed by atoms with van der Waals surface area (Å²) in [6.07, 6.45) is 10.6. The van der Waals surface area contributed by atoms with Crippen molar-refractivity contribution in [1.82, 2.24) is 0 Å². The van der Waals surface area contributed by atoms with E-state index in [-0.39, 0.29) is 22.5 Å². The highest BCUT2D eigenvalue weighted by molar-refractivity contribution is 5.74. The lowest BCUT2D eigenvalue weighted by atomic mass is 9.81. The second-order valence-corrected chi connectivity index (χ2v) is 18.8. The fraction of sp³-hybridized carbons (Fsp3) is 0.456. The van der Waals surface area contributed by atoms with E-state index in [0.717, 1.165) is 89.6 Å². The summed E-state index contributed by atoms with van der Waals surface area (Å²) in [6, 6.07) is 28.4. The van der Waals surface area contributed by atoms with Gasteiger partial charge in [0.05, 0.1) is 7.11 Å². The summed E-state index contributed by atoms with van der Waals surface area (Å²) in [7, 11) is 1.63. The van der Waals surface area contributed by atoms with Crippen molar-refractivity contribution in [2.24, 2.45) is 0 Å². The molecule has 0 aromatic heterocycles. The number of ether oxygens (including phenoxy) is 2. The lowest BCUT2D eigenvalue weighted by Gasteiger charge is -2.26. The second kappa shape index (κ2) is 27.0. The van der Waals surface area contributed by atoms with Crippen LogP contribution in [0.2, 0.25) is 0 Å². The molecule has 0 saturated carbocycles. The van der Waals surface area contributed by atoms with Crippen molar-refractivity contribution in [3.05, 3.63) is 141 Å². The first-order valence-corrected chi connectivity index (χ1v) is 23.3. The highest BCUT2D eigenvalue weighted by Crippen LogP contribution is 2.40. The number of para-hydroxylation sites is 1. The van der Waals surface area contributed by atoms with Gasteiger partial charge in [-0.3, -0.25) is 4.79 Å². The summed E-state index contributed by atoms with van der Waals surface area (Å²) in [5.74, 6) is 2.59. The van der Waals surface area contributed by atoms with Crippen molar-refractivity contribution in [3.63, 3.8) is 0 Å². The van der Waals surface area contributed by atoms with Crippen LogP contribution in [0.5, 0.6) is 34.5 Å². The summed E-state index contributed by atoms with van der Waals surface area (Å²) in [5.41, 5.74) is 9.17. The van der Waals surface area contributed by atoms with Crippen LogP contribution in [0.3, 0.4) is 0 Å². The van der Waals surface area contributed by atoms with Crippen LogP contribution in [-0.4, -0.2) is 33.5 Å². The first-order valence-electron chi connectivity index (χ1n) is 23.3. The highest BCUT2D eigenvalue weighted by Gasteiger charge is 2.26. The fourth-order valence-electron chi connectivity index (χ4n) is 7.14. The molecule has 4 N–H and O–H groups in total. The van der Waals surface area contributed by atoms with Crippen LogP contribution in [0, 0.1) is 13.8 Å². The van der Waals surface area contributed by atoms with Crippen LogP contribution < -0.4 is 9.47 Å². The molecule has 0 fully saturated rings. The summed E-state index contributed by atoms with van der Waals surface area (Å²) in [6.45, 7) is 25.2. The molecule has 5 aromatic carbocycles. The van der Waals surface area contributed by atoms with Crippen LogP contribution >= 0.6 is 0 Å². The van der Waals surface area contributed by atoms with Gasteiger partial charge in [0.25, 0.3) is 0 Å². The average molecular weight is 877 g/mol. The molecule has 0 spiro atoms. The number of phenols is 4. The minimum absolute atomic E-state index is 0.162. The monoisotopic (exact) mass is 877 g/mol. The van der Waals surface area contributed by atoms with Crippen LogP contribution in [0.1, 0.15) is 164 Å². The number of phenolic OH excluding ortho intramolecular Hbond substituents is 4. The van der Waals surface area contributed by atoms with Crippen molar-refractivity contribution in [3.8, 4) is 34.5 Å². The molecule has 0 amide bonds. The van der Waals surface area contributed by atoms with Crippen molar-refractivity contribution < 1.29 is 34.7 Å². The van der Waals surface area contributed by atoms with Gasteiger partial charge in [-0.1, -0.05) is 160 Å². The molecule has 0 bridgehead atoms. The number of hydrogen-bond acceptors (Lipinski definition) is 7. The molecule has 0 radical (unpaired) electrons. The molecule has 7 heteroatoms. The Morgan fingerprint density at radius 1 is 0.562 bits per heavy atom. The smallest absolute Gasteiger partial charge is 0.311 e. The quantitative estimate of drug-likeness (QED) is 0.0648. The Labute approximate surface area is 386 Å². The molecule has 5 aromatic rings. The van der Waals surface area contributed by atoms with E-state index in [1.165, 1.54) is 24.0 Å². The molecule has 350 valence electrons. The maximum Gasteiger partial charge on any atom is 0.311 e. The molecule has 0 aliphatic rings. The predicted octanol–water partition coefficient (Wildman–Crippen LogP) is 14.7. The third kappa shape index (κ3) is 18.7. The zero-order valence-corrected chi connectivity index (χ0v) is 41.5. The molecule has 0 aliphatic heterocycles. The maximum absolute atomic E-state index is 12.4. The normalized spacial score (nSPS) is 11.0. The highest BCUT2D eigenvalue weighted by atomic mass is 16.5. The van der Waals surface area contributed by atoms with Gasteiger partial charge < -0.3 is 29.9 Å². The van der Waals surface area contributed by atoms with E-state index in [9.17, 15) is 20.1 Å². The Morgan fingerprint density at radius 2 is 1.11 bits per heavy atom. The van der Waals surface area contributed by atoms with Crippen LogP contribution in [0.15, 0.2) is 91.0 Å². The maximum atomic E-state index is 12.4. The van der Waals surface area contributed by atoms with Gasteiger partial charge >= 0.3 is 5.97 Å². The van der Waals surface area contributed by atoms with E-state index in [4.69, 9.17) is 14.6 Å².